The average molecular weight is 387 g/mol. The van der Waals surface area contributed by atoms with Gasteiger partial charge in [-0.25, -0.2) is 9.18 Å². The van der Waals surface area contributed by atoms with Crippen LogP contribution in [0.5, 0.6) is 0 Å². The van der Waals surface area contributed by atoms with Crippen molar-refractivity contribution < 1.29 is 19.0 Å². The minimum Gasteiger partial charge on any atom is -0.393 e. The molecular formula is C20H22FN3O4. The monoisotopic (exact) mass is 387 g/mol. The standard InChI is InChI=1S/C20H22FN3O4/c1-20(2,3)13-6-4-12(5-7-13)18(26)22-17-15(21)10-24(19(27)23-17)16-9-8-14(11-25)28-16/h4-10,14,16,25H,11H2,1-3H3,(H,22,23,26,27). The number of aliphatic hydroxyl groups excluding tert-OH is 1. The van der Waals surface area contributed by atoms with Gasteiger partial charge in [-0.1, -0.05) is 39.0 Å². The van der Waals surface area contributed by atoms with E-state index in [9.17, 15) is 14.0 Å². The van der Waals surface area contributed by atoms with Gasteiger partial charge in [0.25, 0.3) is 5.91 Å². The Labute approximate surface area is 161 Å². The molecule has 1 aromatic carbocycles. The number of nitrogens with zero attached hydrogens (tertiary/aromatic N) is 2. The fourth-order valence-electron chi connectivity index (χ4n) is 2.77. The number of nitrogens with one attached hydrogen (secondary N) is 1. The predicted octanol–water partition coefficient (Wildman–Crippen LogP) is 2.38. The van der Waals surface area contributed by atoms with Gasteiger partial charge in [-0.05, 0) is 29.2 Å². The normalized spacial score (nSPS) is 19.0. The summed E-state index contributed by atoms with van der Waals surface area (Å²) in [6.45, 7) is 5.92. The Morgan fingerprint density at radius 2 is 1.96 bits per heavy atom. The maximum atomic E-state index is 14.4. The second-order valence-corrected chi connectivity index (χ2v) is 7.54. The summed E-state index contributed by atoms with van der Waals surface area (Å²) in [6.07, 6.45) is 2.60. The average Bonchev–Trinajstić information content (AvgIpc) is 3.12. The van der Waals surface area contributed by atoms with Crippen molar-refractivity contribution in [3.63, 3.8) is 0 Å². The van der Waals surface area contributed by atoms with Crippen molar-refractivity contribution in [3.8, 4) is 0 Å². The highest BCUT2D eigenvalue weighted by molar-refractivity contribution is 6.03. The van der Waals surface area contributed by atoms with Crippen LogP contribution >= 0.6 is 0 Å². The first-order chi connectivity index (χ1) is 13.2. The van der Waals surface area contributed by atoms with Crippen molar-refractivity contribution >= 4 is 11.7 Å². The molecule has 1 aromatic heterocycles. The molecule has 8 heteroatoms. The maximum absolute atomic E-state index is 14.4. The van der Waals surface area contributed by atoms with Crippen molar-refractivity contribution in [3.05, 3.63) is 70.0 Å². The SMILES string of the molecule is CC(C)(C)c1ccc(C(=O)Nc2nc(=O)n(C3C=CC(CO)O3)cc2F)cc1. The van der Waals surface area contributed by atoms with Crippen LogP contribution in [0.3, 0.4) is 0 Å². The van der Waals surface area contributed by atoms with E-state index in [0.717, 1.165) is 16.3 Å². The minimum absolute atomic E-state index is 0.0566. The molecule has 0 bridgehead atoms. The van der Waals surface area contributed by atoms with Gasteiger partial charge in [-0.2, -0.15) is 4.98 Å². The third kappa shape index (κ3) is 4.18. The van der Waals surface area contributed by atoms with Crippen LogP contribution in [0.1, 0.15) is 42.9 Å². The Hall–Kier alpha value is -2.84. The van der Waals surface area contributed by atoms with E-state index >= 15 is 0 Å². The molecule has 0 aliphatic carbocycles. The van der Waals surface area contributed by atoms with Crippen molar-refractivity contribution in [1.29, 1.82) is 0 Å². The molecule has 0 saturated heterocycles. The lowest BCUT2D eigenvalue weighted by molar-refractivity contribution is -0.0106. The number of ether oxygens (including phenoxy) is 1. The molecule has 7 nitrogen and oxygen atoms in total. The van der Waals surface area contributed by atoms with Crippen molar-refractivity contribution in [2.75, 3.05) is 11.9 Å². The van der Waals surface area contributed by atoms with Gasteiger partial charge in [0, 0.05) is 5.56 Å². The molecule has 0 radical (unpaired) electrons. The van der Waals surface area contributed by atoms with Gasteiger partial charge in [0.1, 0.15) is 6.10 Å². The van der Waals surface area contributed by atoms with E-state index in [0.29, 0.717) is 5.56 Å². The Bertz CT molecular complexity index is 961. The van der Waals surface area contributed by atoms with Gasteiger partial charge in [0.05, 0.1) is 12.8 Å². The number of anilines is 1. The topological polar surface area (TPSA) is 93.5 Å². The van der Waals surface area contributed by atoms with Crippen LogP contribution < -0.4 is 11.0 Å². The number of halogens is 1. The number of aromatic nitrogens is 2. The minimum atomic E-state index is -0.872. The first-order valence-corrected chi connectivity index (χ1v) is 8.84. The number of aliphatic hydroxyl groups is 1. The van der Waals surface area contributed by atoms with Crippen LogP contribution in [0.2, 0.25) is 0 Å². The largest absolute Gasteiger partial charge is 0.393 e. The molecule has 2 unspecified atom stereocenters. The molecule has 1 amide bonds. The second-order valence-electron chi connectivity index (χ2n) is 7.54. The van der Waals surface area contributed by atoms with Gasteiger partial charge >= 0.3 is 5.69 Å². The number of hydrogen-bond donors (Lipinski definition) is 2. The number of carbonyl (C=O) groups is 1. The van der Waals surface area contributed by atoms with Crippen molar-refractivity contribution in [2.45, 2.75) is 38.5 Å². The molecule has 2 atom stereocenters. The number of rotatable bonds is 4. The number of carbonyl (C=O) groups excluding carboxylic acids is 1. The summed E-state index contributed by atoms with van der Waals surface area (Å²) in [5, 5.41) is 11.4. The molecule has 1 aliphatic heterocycles. The van der Waals surface area contributed by atoms with Crippen LogP contribution in [0.4, 0.5) is 10.2 Å². The van der Waals surface area contributed by atoms with E-state index in [-0.39, 0.29) is 12.0 Å². The Kier molecular flexibility index (Phi) is 5.44. The molecule has 1 aliphatic rings. The van der Waals surface area contributed by atoms with Gasteiger partial charge in [-0.15, -0.1) is 0 Å². The predicted molar refractivity (Wildman–Crippen MR) is 102 cm³/mol. The smallest absolute Gasteiger partial charge is 0.352 e. The van der Waals surface area contributed by atoms with Crippen LogP contribution in [-0.4, -0.2) is 33.3 Å². The van der Waals surface area contributed by atoms with Gasteiger partial charge in [0.2, 0.25) is 0 Å². The Morgan fingerprint density at radius 1 is 1.29 bits per heavy atom. The molecule has 2 heterocycles. The van der Waals surface area contributed by atoms with E-state index in [1.165, 1.54) is 6.08 Å². The number of benzene rings is 1. The molecule has 2 aromatic rings. The molecule has 28 heavy (non-hydrogen) atoms. The summed E-state index contributed by atoms with van der Waals surface area (Å²) in [5.41, 5.74) is 0.542. The third-order valence-corrected chi connectivity index (χ3v) is 4.41. The summed E-state index contributed by atoms with van der Waals surface area (Å²) >= 11 is 0. The maximum Gasteiger partial charge on any atom is 0.352 e. The zero-order valence-corrected chi connectivity index (χ0v) is 15.8. The summed E-state index contributed by atoms with van der Waals surface area (Å²) in [6, 6.07) is 6.94. The van der Waals surface area contributed by atoms with E-state index in [2.05, 4.69) is 31.1 Å². The zero-order chi connectivity index (χ0) is 20.5. The van der Waals surface area contributed by atoms with E-state index in [1.54, 1.807) is 18.2 Å². The lowest BCUT2D eigenvalue weighted by Crippen LogP contribution is -2.30. The summed E-state index contributed by atoms with van der Waals surface area (Å²) in [7, 11) is 0. The fourth-order valence-corrected chi connectivity index (χ4v) is 2.77. The molecule has 148 valence electrons. The van der Waals surface area contributed by atoms with Gasteiger partial charge < -0.3 is 15.2 Å². The summed E-state index contributed by atoms with van der Waals surface area (Å²) in [4.78, 5) is 28.2. The Morgan fingerprint density at radius 3 is 2.54 bits per heavy atom. The molecule has 3 rings (SSSR count). The lowest BCUT2D eigenvalue weighted by atomic mass is 9.87. The quantitative estimate of drug-likeness (QED) is 0.786. The summed E-state index contributed by atoms with van der Waals surface area (Å²) < 4.78 is 20.7. The molecule has 0 fully saturated rings. The van der Waals surface area contributed by atoms with Gasteiger partial charge in [0.15, 0.2) is 17.9 Å². The number of amides is 1. The van der Waals surface area contributed by atoms with E-state index in [1.807, 2.05) is 12.1 Å². The van der Waals surface area contributed by atoms with E-state index in [4.69, 9.17) is 9.84 Å². The van der Waals surface area contributed by atoms with Crippen LogP contribution in [0.15, 0.2) is 47.4 Å². The highest BCUT2D eigenvalue weighted by atomic mass is 19.1. The second kappa shape index (κ2) is 7.65. The molecule has 0 saturated carbocycles. The zero-order valence-electron chi connectivity index (χ0n) is 15.8. The molecule has 0 spiro atoms. The van der Waals surface area contributed by atoms with Crippen LogP contribution in [-0.2, 0) is 10.2 Å². The molecule has 2 N–H and O–H groups in total. The van der Waals surface area contributed by atoms with Crippen LogP contribution in [0.25, 0.3) is 0 Å². The first kappa shape index (κ1) is 19.9. The Balaban J connectivity index is 1.77. The first-order valence-electron chi connectivity index (χ1n) is 8.84. The third-order valence-electron chi connectivity index (χ3n) is 4.41. The number of hydrogen-bond acceptors (Lipinski definition) is 5. The highest BCUT2D eigenvalue weighted by Gasteiger charge is 2.23. The fraction of sp³-hybridized carbons (Fsp3) is 0.350. The van der Waals surface area contributed by atoms with Gasteiger partial charge in [-0.3, -0.25) is 9.36 Å². The van der Waals surface area contributed by atoms with E-state index < -0.39 is 35.6 Å². The van der Waals surface area contributed by atoms with Crippen LogP contribution in [0, 0.1) is 5.82 Å². The van der Waals surface area contributed by atoms with Crippen molar-refractivity contribution in [2.24, 2.45) is 0 Å². The summed E-state index contributed by atoms with van der Waals surface area (Å²) in [5.74, 6) is -1.89. The lowest BCUT2D eigenvalue weighted by Gasteiger charge is -2.19. The van der Waals surface area contributed by atoms with Crippen molar-refractivity contribution in [1.82, 2.24) is 9.55 Å². The highest BCUT2D eigenvalue weighted by Crippen LogP contribution is 2.23. The molecular weight excluding hydrogens is 365 g/mol.